The maximum atomic E-state index is 3.51. The summed E-state index contributed by atoms with van der Waals surface area (Å²) in [5.41, 5.74) is 0. The van der Waals surface area contributed by atoms with Gasteiger partial charge in [-0.05, 0) is 76.7 Å². The van der Waals surface area contributed by atoms with Crippen LogP contribution in [0.2, 0.25) is 0 Å². The summed E-state index contributed by atoms with van der Waals surface area (Å²) in [4.78, 5) is 2.67. The third-order valence-corrected chi connectivity index (χ3v) is 4.17. The molecule has 2 heteroatoms. The second-order valence-corrected chi connectivity index (χ2v) is 5.29. The van der Waals surface area contributed by atoms with E-state index in [-0.39, 0.29) is 0 Å². The van der Waals surface area contributed by atoms with Gasteiger partial charge in [0.15, 0.2) is 0 Å². The van der Waals surface area contributed by atoms with Gasteiger partial charge in [-0.15, -0.1) is 0 Å². The van der Waals surface area contributed by atoms with Crippen LogP contribution in [0.4, 0.5) is 0 Å². The number of hydrogen-bond donors (Lipinski definition) is 1. The van der Waals surface area contributed by atoms with Crippen molar-refractivity contribution in [2.45, 2.75) is 39.0 Å². The van der Waals surface area contributed by atoms with E-state index in [1.165, 1.54) is 64.8 Å². The minimum Gasteiger partial charge on any atom is -0.316 e. The molecular weight excluding hydrogens is 184 g/mol. The summed E-state index contributed by atoms with van der Waals surface area (Å²) in [6, 6.07) is 0. The summed E-state index contributed by atoms with van der Waals surface area (Å²) >= 11 is 0. The SMILES string of the molecule is CCCN1CCCC(C2CCNC2)CC1. The van der Waals surface area contributed by atoms with Crippen LogP contribution in [0, 0.1) is 11.8 Å². The normalized spacial score (nSPS) is 34.2. The predicted octanol–water partition coefficient (Wildman–Crippen LogP) is 2.11. The Kier molecular flexibility index (Phi) is 4.45. The van der Waals surface area contributed by atoms with Gasteiger partial charge in [0.1, 0.15) is 0 Å². The Morgan fingerprint density at radius 2 is 2.07 bits per heavy atom. The molecule has 1 N–H and O–H groups in total. The van der Waals surface area contributed by atoms with Crippen LogP contribution in [0.3, 0.4) is 0 Å². The van der Waals surface area contributed by atoms with Crippen LogP contribution in [0.5, 0.6) is 0 Å². The van der Waals surface area contributed by atoms with Crippen LogP contribution < -0.4 is 5.32 Å². The minimum atomic E-state index is 0.992. The number of nitrogens with zero attached hydrogens (tertiary/aromatic N) is 1. The molecular formula is C13H26N2. The Hall–Kier alpha value is -0.0800. The first kappa shape index (κ1) is 11.4. The topological polar surface area (TPSA) is 15.3 Å². The van der Waals surface area contributed by atoms with Gasteiger partial charge in [-0.3, -0.25) is 0 Å². The maximum absolute atomic E-state index is 3.51. The van der Waals surface area contributed by atoms with Gasteiger partial charge in [0.25, 0.3) is 0 Å². The molecule has 2 unspecified atom stereocenters. The van der Waals surface area contributed by atoms with Gasteiger partial charge in [-0.1, -0.05) is 6.92 Å². The molecule has 0 spiro atoms. The number of hydrogen-bond acceptors (Lipinski definition) is 2. The highest BCUT2D eigenvalue weighted by atomic mass is 15.1. The zero-order valence-electron chi connectivity index (χ0n) is 10.2. The zero-order chi connectivity index (χ0) is 10.5. The Balaban J connectivity index is 1.78. The second-order valence-electron chi connectivity index (χ2n) is 5.29. The van der Waals surface area contributed by atoms with Gasteiger partial charge in [0.05, 0.1) is 0 Å². The van der Waals surface area contributed by atoms with Crippen molar-refractivity contribution in [3.05, 3.63) is 0 Å². The van der Waals surface area contributed by atoms with Crippen LogP contribution in [0.25, 0.3) is 0 Å². The third-order valence-electron chi connectivity index (χ3n) is 4.17. The lowest BCUT2D eigenvalue weighted by molar-refractivity contribution is 0.268. The Labute approximate surface area is 94.4 Å². The van der Waals surface area contributed by atoms with Gasteiger partial charge in [0.2, 0.25) is 0 Å². The summed E-state index contributed by atoms with van der Waals surface area (Å²) in [5.74, 6) is 2.01. The first-order valence-electron chi connectivity index (χ1n) is 6.83. The molecule has 2 heterocycles. The van der Waals surface area contributed by atoms with E-state index in [9.17, 15) is 0 Å². The largest absolute Gasteiger partial charge is 0.316 e. The smallest absolute Gasteiger partial charge is 0.00160 e. The molecule has 88 valence electrons. The van der Waals surface area contributed by atoms with Crippen LogP contribution in [0.15, 0.2) is 0 Å². The summed E-state index contributed by atoms with van der Waals surface area (Å²) < 4.78 is 0. The lowest BCUT2D eigenvalue weighted by Crippen LogP contribution is -2.26. The fourth-order valence-electron chi connectivity index (χ4n) is 3.27. The van der Waals surface area contributed by atoms with Crippen molar-refractivity contribution < 1.29 is 0 Å². The maximum Gasteiger partial charge on any atom is -0.00160 e. The highest BCUT2D eigenvalue weighted by Gasteiger charge is 2.26. The number of nitrogens with one attached hydrogen (secondary N) is 1. The molecule has 2 saturated heterocycles. The average molecular weight is 210 g/mol. The lowest BCUT2D eigenvalue weighted by Gasteiger charge is -2.22. The second kappa shape index (κ2) is 5.86. The van der Waals surface area contributed by atoms with E-state index in [2.05, 4.69) is 17.1 Å². The van der Waals surface area contributed by atoms with Crippen molar-refractivity contribution in [1.82, 2.24) is 10.2 Å². The van der Waals surface area contributed by atoms with E-state index in [0.29, 0.717) is 0 Å². The van der Waals surface area contributed by atoms with E-state index >= 15 is 0 Å². The molecule has 0 saturated carbocycles. The van der Waals surface area contributed by atoms with Crippen LogP contribution in [-0.2, 0) is 0 Å². The molecule has 0 radical (unpaired) electrons. The molecule has 2 fully saturated rings. The standard InChI is InChI=1S/C13H26N2/c1-2-8-15-9-3-4-12(6-10-15)13-5-7-14-11-13/h12-14H,2-11H2,1H3. The zero-order valence-corrected chi connectivity index (χ0v) is 10.2. The molecule has 2 aliphatic heterocycles. The third kappa shape index (κ3) is 3.18. The van der Waals surface area contributed by atoms with E-state index in [4.69, 9.17) is 0 Å². The monoisotopic (exact) mass is 210 g/mol. The van der Waals surface area contributed by atoms with Crippen molar-refractivity contribution in [1.29, 1.82) is 0 Å². The number of rotatable bonds is 3. The summed E-state index contributed by atoms with van der Waals surface area (Å²) in [6.45, 7) is 8.87. The van der Waals surface area contributed by atoms with E-state index in [1.807, 2.05) is 0 Å². The molecule has 0 amide bonds. The first-order valence-corrected chi connectivity index (χ1v) is 6.83. The molecule has 2 rings (SSSR count). The Morgan fingerprint density at radius 3 is 2.80 bits per heavy atom. The highest BCUT2D eigenvalue weighted by Crippen LogP contribution is 2.28. The van der Waals surface area contributed by atoms with Crippen molar-refractivity contribution in [2.75, 3.05) is 32.7 Å². The summed E-state index contributed by atoms with van der Waals surface area (Å²) in [5, 5.41) is 3.51. The molecule has 2 nitrogen and oxygen atoms in total. The quantitative estimate of drug-likeness (QED) is 0.767. The average Bonchev–Trinajstić information content (AvgIpc) is 2.67. The summed E-state index contributed by atoms with van der Waals surface area (Å²) in [6.07, 6.45) is 7.11. The van der Waals surface area contributed by atoms with E-state index in [0.717, 1.165) is 11.8 Å². The molecule has 15 heavy (non-hydrogen) atoms. The van der Waals surface area contributed by atoms with E-state index < -0.39 is 0 Å². The fourth-order valence-corrected chi connectivity index (χ4v) is 3.27. The van der Waals surface area contributed by atoms with Crippen molar-refractivity contribution >= 4 is 0 Å². The highest BCUT2D eigenvalue weighted by molar-refractivity contribution is 4.81. The van der Waals surface area contributed by atoms with Crippen molar-refractivity contribution in [3.63, 3.8) is 0 Å². The molecule has 0 aromatic carbocycles. The van der Waals surface area contributed by atoms with Crippen LogP contribution in [0.1, 0.15) is 39.0 Å². The van der Waals surface area contributed by atoms with E-state index in [1.54, 1.807) is 0 Å². The Morgan fingerprint density at radius 1 is 1.13 bits per heavy atom. The first-order chi connectivity index (χ1) is 7.40. The van der Waals surface area contributed by atoms with Crippen molar-refractivity contribution in [3.8, 4) is 0 Å². The van der Waals surface area contributed by atoms with Gasteiger partial charge >= 0.3 is 0 Å². The minimum absolute atomic E-state index is 0.992. The van der Waals surface area contributed by atoms with Gasteiger partial charge in [0, 0.05) is 0 Å². The van der Waals surface area contributed by atoms with Crippen molar-refractivity contribution in [2.24, 2.45) is 11.8 Å². The molecule has 0 aromatic heterocycles. The Bertz CT molecular complexity index is 175. The molecule has 0 aliphatic carbocycles. The van der Waals surface area contributed by atoms with Crippen LogP contribution >= 0.6 is 0 Å². The lowest BCUT2D eigenvalue weighted by atomic mass is 9.86. The van der Waals surface area contributed by atoms with Gasteiger partial charge < -0.3 is 10.2 Å². The predicted molar refractivity (Wildman–Crippen MR) is 65.0 cm³/mol. The van der Waals surface area contributed by atoms with Crippen LogP contribution in [-0.4, -0.2) is 37.6 Å². The molecule has 0 aromatic rings. The van der Waals surface area contributed by atoms with Gasteiger partial charge in [-0.25, -0.2) is 0 Å². The summed E-state index contributed by atoms with van der Waals surface area (Å²) in [7, 11) is 0. The number of likely N-dealkylation sites (tertiary alicyclic amines) is 1. The molecule has 0 bridgehead atoms. The fraction of sp³-hybridized carbons (Fsp3) is 1.00. The molecule has 2 atom stereocenters. The molecule has 2 aliphatic rings. The van der Waals surface area contributed by atoms with Gasteiger partial charge in [-0.2, -0.15) is 0 Å².